The number of esters is 1. The molecular weight excluding hydrogens is 242 g/mol. The second-order valence-electron chi connectivity index (χ2n) is 4.21. The minimum atomic E-state index is -1.18. The number of nitrogens with zero attached hydrogens (tertiary/aromatic N) is 1. The minimum absolute atomic E-state index is 0.0172. The fraction of sp³-hybridized carbons (Fsp3) is 0.727. The number of hydrogen-bond donors (Lipinski definition) is 2. The number of rotatable bonds is 4. The molecule has 0 radical (unpaired) electrons. The molecule has 2 N–H and O–H groups in total. The van der Waals surface area contributed by atoms with Crippen LogP contribution in [0.2, 0.25) is 0 Å². The molecule has 1 aliphatic heterocycles. The van der Waals surface area contributed by atoms with Gasteiger partial charge in [-0.25, -0.2) is 4.79 Å². The maximum Gasteiger partial charge on any atom is 0.326 e. The zero-order chi connectivity index (χ0) is 13.9. The predicted octanol–water partition coefficient (Wildman–Crippen LogP) is -0.768. The van der Waals surface area contributed by atoms with E-state index in [0.29, 0.717) is 0 Å². The van der Waals surface area contributed by atoms with Crippen molar-refractivity contribution in [2.45, 2.75) is 32.4 Å². The van der Waals surface area contributed by atoms with Crippen molar-refractivity contribution in [3.63, 3.8) is 0 Å². The van der Waals surface area contributed by atoms with Crippen molar-refractivity contribution in [1.82, 2.24) is 4.90 Å². The van der Waals surface area contributed by atoms with Crippen LogP contribution in [0.5, 0.6) is 0 Å². The molecule has 0 saturated carbocycles. The summed E-state index contributed by atoms with van der Waals surface area (Å²) in [5.74, 6) is -3.56. The number of aliphatic hydroxyl groups excluding tert-OH is 1. The third-order valence-corrected chi connectivity index (χ3v) is 2.86. The summed E-state index contributed by atoms with van der Waals surface area (Å²) in [6.07, 6.45) is -0.888. The summed E-state index contributed by atoms with van der Waals surface area (Å²) in [6, 6.07) is -1.08. The summed E-state index contributed by atoms with van der Waals surface area (Å²) >= 11 is 0. The third-order valence-electron chi connectivity index (χ3n) is 2.86. The van der Waals surface area contributed by atoms with Crippen molar-refractivity contribution in [2.75, 3.05) is 13.2 Å². The molecule has 0 aromatic heterocycles. The van der Waals surface area contributed by atoms with Gasteiger partial charge < -0.3 is 19.8 Å². The Kier molecular flexibility index (Phi) is 4.66. The number of carboxylic acids is 1. The first-order valence-corrected chi connectivity index (χ1v) is 5.76. The molecule has 1 saturated heterocycles. The summed E-state index contributed by atoms with van der Waals surface area (Å²) in [5.41, 5.74) is 0. The fourth-order valence-electron chi connectivity index (χ4n) is 1.91. The van der Waals surface area contributed by atoms with E-state index in [2.05, 4.69) is 0 Å². The molecule has 1 aliphatic rings. The Morgan fingerprint density at radius 2 is 2.06 bits per heavy atom. The van der Waals surface area contributed by atoms with E-state index < -0.39 is 35.9 Å². The molecule has 0 spiro atoms. The lowest BCUT2D eigenvalue weighted by Crippen LogP contribution is -2.45. The monoisotopic (exact) mass is 259 g/mol. The van der Waals surface area contributed by atoms with E-state index in [9.17, 15) is 19.5 Å². The molecule has 0 aromatic rings. The van der Waals surface area contributed by atoms with Crippen molar-refractivity contribution in [2.24, 2.45) is 5.92 Å². The molecule has 7 heteroatoms. The van der Waals surface area contributed by atoms with Crippen LogP contribution in [-0.2, 0) is 19.1 Å². The van der Waals surface area contributed by atoms with E-state index in [1.807, 2.05) is 0 Å². The zero-order valence-corrected chi connectivity index (χ0v) is 10.3. The van der Waals surface area contributed by atoms with Gasteiger partial charge in [0.2, 0.25) is 5.91 Å². The van der Waals surface area contributed by atoms with Crippen LogP contribution in [0, 0.1) is 5.92 Å². The lowest BCUT2D eigenvalue weighted by atomic mass is 10.1. The average Bonchev–Trinajstić information content (AvgIpc) is 2.69. The quantitative estimate of drug-likeness (QED) is 0.507. The van der Waals surface area contributed by atoms with E-state index in [-0.39, 0.29) is 19.6 Å². The van der Waals surface area contributed by atoms with Crippen LogP contribution < -0.4 is 0 Å². The number of ether oxygens (including phenoxy) is 1. The summed E-state index contributed by atoms with van der Waals surface area (Å²) in [4.78, 5) is 35.4. The third kappa shape index (κ3) is 2.98. The molecule has 0 bridgehead atoms. The topological polar surface area (TPSA) is 104 Å². The molecule has 1 heterocycles. The Morgan fingerprint density at radius 1 is 1.44 bits per heavy atom. The first-order valence-electron chi connectivity index (χ1n) is 5.76. The standard InChI is InChI=1S/C11H17NO6/c1-3-18-11(17)6(2)9(14)12-5-7(13)4-8(12)10(15)16/h6-8,13H,3-5H2,1-2H3,(H,15,16). The van der Waals surface area contributed by atoms with Gasteiger partial charge >= 0.3 is 11.9 Å². The van der Waals surface area contributed by atoms with Crippen LogP contribution in [0.3, 0.4) is 0 Å². The van der Waals surface area contributed by atoms with Gasteiger partial charge in [0, 0.05) is 13.0 Å². The molecule has 18 heavy (non-hydrogen) atoms. The van der Waals surface area contributed by atoms with Crippen LogP contribution in [-0.4, -0.2) is 58.3 Å². The summed E-state index contributed by atoms with van der Waals surface area (Å²) in [6.45, 7) is 3.07. The van der Waals surface area contributed by atoms with Crippen molar-refractivity contribution in [1.29, 1.82) is 0 Å². The van der Waals surface area contributed by atoms with Crippen LogP contribution in [0.1, 0.15) is 20.3 Å². The molecule has 1 amide bonds. The number of aliphatic carboxylic acids is 1. The highest BCUT2D eigenvalue weighted by atomic mass is 16.5. The van der Waals surface area contributed by atoms with Crippen LogP contribution in [0.4, 0.5) is 0 Å². The van der Waals surface area contributed by atoms with Crippen molar-refractivity contribution in [3.05, 3.63) is 0 Å². The number of amides is 1. The fourth-order valence-corrected chi connectivity index (χ4v) is 1.91. The Hall–Kier alpha value is -1.63. The van der Waals surface area contributed by atoms with Crippen molar-refractivity contribution in [3.8, 4) is 0 Å². The lowest BCUT2D eigenvalue weighted by molar-refractivity contribution is -0.158. The molecular formula is C11H17NO6. The molecule has 1 fully saturated rings. The SMILES string of the molecule is CCOC(=O)C(C)C(=O)N1CC(O)CC1C(=O)O. The van der Waals surface area contributed by atoms with Gasteiger partial charge in [0.25, 0.3) is 0 Å². The van der Waals surface area contributed by atoms with Crippen LogP contribution in [0.25, 0.3) is 0 Å². The highest BCUT2D eigenvalue weighted by molar-refractivity contribution is 5.99. The smallest absolute Gasteiger partial charge is 0.326 e. The molecule has 1 rings (SSSR count). The highest BCUT2D eigenvalue weighted by Gasteiger charge is 2.41. The summed E-state index contributed by atoms with van der Waals surface area (Å²) in [7, 11) is 0. The van der Waals surface area contributed by atoms with Gasteiger partial charge in [0.05, 0.1) is 12.7 Å². The predicted molar refractivity (Wildman–Crippen MR) is 59.6 cm³/mol. The zero-order valence-electron chi connectivity index (χ0n) is 10.3. The number of carboxylic acid groups (broad SMARTS) is 1. The second-order valence-corrected chi connectivity index (χ2v) is 4.21. The highest BCUT2D eigenvalue weighted by Crippen LogP contribution is 2.21. The van der Waals surface area contributed by atoms with E-state index in [1.54, 1.807) is 6.92 Å². The van der Waals surface area contributed by atoms with Crippen molar-refractivity contribution >= 4 is 17.8 Å². The lowest BCUT2D eigenvalue weighted by Gasteiger charge is -2.23. The average molecular weight is 259 g/mol. The first-order chi connectivity index (χ1) is 8.38. The van der Waals surface area contributed by atoms with Gasteiger partial charge in [-0.1, -0.05) is 0 Å². The van der Waals surface area contributed by atoms with E-state index in [1.165, 1.54) is 6.92 Å². The Bertz CT molecular complexity index is 355. The molecule has 0 aromatic carbocycles. The van der Waals surface area contributed by atoms with Gasteiger partial charge in [-0.3, -0.25) is 9.59 Å². The number of carbonyl (C=O) groups excluding carboxylic acids is 2. The number of β-amino-alcohol motifs (C(OH)–C–C–N with tert-alkyl or cyclic N) is 1. The first kappa shape index (κ1) is 14.4. The molecule has 3 unspecified atom stereocenters. The van der Waals surface area contributed by atoms with E-state index >= 15 is 0 Å². The van der Waals surface area contributed by atoms with Crippen LogP contribution >= 0.6 is 0 Å². The van der Waals surface area contributed by atoms with Gasteiger partial charge in [-0.05, 0) is 13.8 Å². The number of likely N-dealkylation sites (tertiary alicyclic amines) is 1. The minimum Gasteiger partial charge on any atom is -0.480 e. The Balaban J connectivity index is 2.76. The largest absolute Gasteiger partial charge is 0.480 e. The summed E-state index contributed by atoms with van der Waals surface area (Å²) in [5, 5.41) is 18.4. The van der Waals surface area contributed by atoms with Crippen LogP contribution in [0.15, 0.2) is 0 Å². The maximum atomic E-state index is 12.0. The number of carbonyl (C=O) groups is 3. The normalized spacial score (nSPS) is 24.7. The van der Waals surface area contributed by atoms with E-state index in [0.717, 1.165) is 4.90 Å². The maximum absolute atomic E-state index is 12.0. The van der Waals surface area contributed by atoms with Crippen molar-refractivity contribution < 1.29 is 29.3 Å². The van der Waals surface area contributed by atoms with Gasteiger partial charge in [0.1, 0.15) is 12.0 Å². The molecule has 102 valence electrons. The van der Waals surface area contributed by atoms with Gasteiger partial charge in [-0.2, -0.15) is 0 Å². The summed E-state index contributed by atoms with van der Waals surface area (Å²) < 4.78 is 4.71. The second kappa shape index (κ2) is 5.81. The molecule has 7 nitrogen and oxygen atoms in total. The Labute approximate surface area is 104 Å². The molecule has 0 aliphatic carbocycles. The number of aliphatic hydroxyl groups is 1. The van der Waals surface area contributed by atoms with Gasteiger partial charge in [0.15, 0.2) is 0 Å². The van der Waals surface area contributed by atoms with E-state index in [4.69, 9.17) is 9.84 Å². The Morgan fingerprint density at radius 3 is 2.56 bits per heavy atom. The van der Waals surface area contributed by atoms with Gasteiger partial charge in [-0.15, -0.1) is 0 Å². The number of hydrogen-bond acceptors (Lipinski definition) is 5. The molecule has 3 atom stereocenters.